The highest BCUT2D eigenvalue weighted by molar-refractivity contribution is 6.04. The number of nitrogens with zero attached hydrogens (tertiary/aromatic N) is 3. The Morgan fingerprint density at radius 2 is 1.71 bits per heavy atom. The molecule has 0 aromatic heterocycles. The molecular formula is C36H56N4O8. The van der Waals surface area contributed by atoms with Gasteiger partial charge in [0.2, 0.25) is 11.8 Å². The molecule has 12 nitrogen and oxygen atoms in total. The topological polar surface area (TPSA) is 127 Å². The molecule has 48 heavy (non-hydrogen) atoms. The average Bonchev–Trinajstić information content (AvgIpc) is 3.82. The Morgan fingerprint density at radius 1 is 1.04 bits per heavy atom. The Hall–Kier alpha value is -3.38. The van der Waals surface area contributed by atoms with Gasteiger partial charge in [-0.05, 0) is 83.9 Å². The Labute approximate surface area is 285 Å². The lowest BCUT2D eigenvalue weighted by molar-refractivity contribution is -0.133. The summed E-state index contributed by atoms with van der Waals surface area (Å²) in [4.78, 5) is 60.2. The first-order valence-electron chi connectivity index (χ1n) is 17.1. The van der Waals surface area contributed by atoms with Gasteiger partial charge in [-0.3, -0.25) is 14.4 Å². The van der Waals surface area contributed by atoms with Crippen LogP contribution in [0.1, 0.15) is 81.1 Å². The van der Waals surface area contributed by atoms with Crippen molar-refractivity contribution in [3.63, 3.8) is 0 Å². The fourth-order valence-electron chi connectivity index (χ4n) is 6.25. The van der Waals surface area contributed by atoms with E-state index in [1.165, 1.54) is 4.90 Å². The van der Waals surface area contributed by atoms with E-state index in [-0.39, 0.29) is 54.7 Å². The summed E-state index contributed by atoms with van der Waals surface area (Å²) in [5.41, 5.74) is -0.793. The van der Waals surface area contributed by atoms with Gasteiger partial charge in [0.1, 0.15) is 11.4 Å². The van der Waals surface area contributed by atoms with Gasteiger partial charge in [0, 0.05) is 52.2 Å². The molecule has 1 saturated heterocycles. The Balaban J connectivity index is 1.65. The third kappa shape index (κ3) is 8.99. The summed E-state index contributed by atoms with van der Waals surface area (Å²) in [7, 11) is 3.22. The van der Waals surface area contributed by atoms with Crippen molar-refractivity contribution in [2.45, 2.75) is 104 Å². The van der Waals surface area contributed by atoms with E-state index < -0.39 is 29.1 Å². The van der Waals surface area contributed by atoms with Crippen LogP contribution in [-0.4, -0.2) is 99.1 Å². The van der Waals surface area contributed by atoms with E-state index in [0.29, 0.717) is 43.3 Å². The largest absolute Gasteiger partial charge is 0.476 e. The van der Waals surface area contributed by atoms with E-state index in [1.807, 2.05) is 39.0 Å². The van der Waals surface area contributed by atoms with Crippen LogP contribution in [0.15, 0.2) is 18.2 Å². The number of nitrogens with one attached hydrogen (secondary N) is 1. The zero-order valence-corrected chi connectivity index (χ0v) is 30.5. The zero-order chi connectivity index (χ0) is 35.6. The number of carbonyl (C=O) groups excluding carboxylic acids is 4. The van der Waals surface area contributed by atoms with Crippen LogP contribution < -0.4 is 19.9 Å². The van der Waals surface area contributed by atoms with Crippen LogP contribution in [0.5, 0.6) is 5.75 Å². The monoisotopic (exact) mass is 672 g/mol. The number of amides is 4. The molecule has 4 amide bonds. The highest BCUT2D eigenvalue weighted by Gasteiger charge is 2.45. The highest BCUT2D eigenvalue weighted by Crippen LogP contribution is 2.43. The van der Waals surface area contributed by atoms with Gasteiger partial charge in [0.05, 0.1) is 30.2 Å². The third-order valence-corrected chi connectivity index (χ3v) is 9.03. The van der Waals surface area contributed by atoms with E-state index in [1.54, 1.807) is 58.6 Å². The van der Waals surface area contributed by atoms with Crippen molar-refractivity contribution in [1.29, 1.82) is 0 Å². The van der Waals surface area contributed by atoms with E-state index >= 15 is 0 Å². The van der Waals surface area contributed by atoms with Crippen molar-refractivity contribution in [1.82, 2.24) is 10.2 Å². The number of hydrogen-bond acceptors (Lipinski definition) is 8. The molecule has 1 aliphatic carbocycles. The fourth-order valence-corrected chi connectivity index (χ4v) is 6.25. The first kappa shape index (κ1) is 37.4. The van der Waals surface area contributed by atoms with E-state index in [0.717, 1.165) is 12.8 Å². The molecule has 2 fully saturated rings. The minimum absolute atomic E-state index is 0.0229. The second-order valence-corrected chi connectivity index (χ2v) is 15.9. The van der Waals surface area contributed by atoms with Crippen molar-refractivity contribution < 1.29 is 38.1 Å². The lowest BCUT2D eigenvalue weighted by Crippen LogP contribution is -2.56. The van der Waals surface area contributed by atoms with Crippen LogP contribution in [-0.2, 0) is 28.6 Å². The number of anilines is 2. The summed E-state index contributed by atoms with van der Waals surface area (Å²) < 4.78 is 22.5. The maximum absolute atomic E-state index is 14.6. The summed E-state index contributed by atoms with van der Waals surface area (Å²) in [5.74, 6) is -1.26. The van der Waals surface area contributed by atoms with Crippen LogP contribution in [0.25, 0.3) is 0 Å². The van der Waals surface area contributed by atoms with Crippen LogP contribution in [0.2, 0.25) is 0 Å². The molecule has 0 spiro atoms. The molecule has 0 unspecified atom stereocenters. The number of likely N-dealkylation sites (tertiary alicyclic amines) is 1. The number of hydrogen-bond donors (Lipinski definition) is 1. The van der Waals surface area contributed by atoms with Crippen LogP contribution in [0, 0.1) is 17.3 Å². The smallest absolute Gasteiger partial charge is 0.410 e. The van der Waals surface area contributed by atoms with E-state index in [4.69, 9.17) is 18.9 Å². The second kappa shape index (κ2) is 14.6. The first-order valence-corrected chi connectivity index (χ1v) is 17.1. The number of piperidine rings is 1. The molecule has 2 heterocycles. The third-order valence-electron chi connectivity index (χ3n) is 9.03. The van der Waals surface area contributed by atoms with Gasteiger partial charge < -0.3 is 39.0 Å². The van der Waals surface area contributed by atoms with E-state index in [9.17, 15) is 19.2 Å². The molecule has 3 atom stereocenters. The Bertz CT molecular complexity index is 1350. The number of methoxy groups -OCH3 is 2. The van der Waals surface area contributed by atoms with Gasteiger partial charge in [-0.1, -0.05) is 20.8 Å². The number of carbonyl (C=O) groups is 4. The van der Waals surface area contributed by atoms with Gasteiger partial charge in [-0.25, -0.2) is 4.79 Å². The van der Waals surface area contributed by atoms with Gasteiger partial charge in [0.15, 0.2) is 5.60 Å². The molecule has 2 aliphatic heterocycles. The van der Waals surface area contributed by atoms with Crippen molar-refractivity contribution in [2.24, 2.45) is 17.3 Å². The van der Waals surface area contributed by atoms with Crippen LogP contribution >= 0.6 is 0 Å². The number of ether oxygens (including phenoxy) is 4. The zero-order valence-electron chi connectivity index (χ0n) is 30.5. The summed E-state index contributed by atoms with van der Waals surface area (Å²) in [6.07, 6.45) is 2.03. The second-order valence-electron chi connectivity index (χ2n) is 15.9. The molecule has 0 bridgehead atoms. The number of fused-ring (bicyclic) bond motifs is 1. The van der Waals surface area contributed by atoms with Crippen molar-refractivity contribution in [2.75, 3.05) is 56.9 Å². The molecule has 1 aromatic carbocycles. The lowest BCUT2D eigenvalue weighted by Gasteiger charge is -2.41. The summed E-state index contributed by atoms with van der Waals surface area (Å²) >= 11 is 0. The van der Waals surface area contributed by atoms with Crippen LogP contribution in [0.4, 0.5) is 16.2 Å². The summed E-state index contributed by atoms with van der Waals surface area (Å²) in [6, 6.07) is 5.23. The van der Waals surface area contributed by atoms with Crippen LogP contribution in [0.3, 0.4) is 0 Å². The average molecular weight is 673 g/mol. The normalized spacial score (nSPS) is 21.6. The van der Waals surface area contributed by atoms with Crippen molar-refractivity contribution >= 4 is 35.2 Å². The maximum Gasteiger partial charge on any atom is 0.410 e. The number of rotatable bonds is 11. The molecule has 1 saturated carbocycles. The Morgan fingerprint density at radius 3 is 2.29 bits per heavy atom. The quantitative estimate of drug-likeness (QED) is 0.333. The van der Waals surface area contributed by atoms with Gasteiger partial charge in [0.25, 0.3) is 5.91 Å². The number of benzene rings is 1. The molecule has 1 N–H and O–H groups in total. The maximum atomic E-state index is 14.6. The molecular weight excluding hydrogens is 616 g/mol. The molecule has 4 rings (SSSR count). The summed E-state index contributed by atoms with van der Waals surface area (Å²) in [6.45, 7) is 16.5. The molecule has 0 radical (unpaired) electrons. The lowest BCUT2D eigenvalue weighted by atomic mass is 9.84. The highest BCUT2D eigenvalue weighted by atomic mass is 16.6. The van der Waals surface area contributed by atoms with Crippen molar-refractivity contribution in [3.05, 3.63) is 18.2 Å². The van der Waals surface area contributed by atoms with Gasteiger partial charge >= 0.3 is 6.09 Å². The minimum Gasteiger partial charge on any atom is -0.476 e. The predicted octanol–water partition coefficient (Wildman–Crippen LogP) is 4.77. The molecule has 268 valence electrons. The predicted molar refractivity (Wildman–Crippen MR) is 183 cm³/mol. The summed E-state index contributed by atoms with van der Waals surface area (Å²) in [5, 5.41) is 3.13. The van der Waals surface area contributed by atoms with Gasteiger partial charge in [-0.15, -0.1) is 0 Å². The molecule has 12 heteroatoms. The SMILES string of the molecule is COCCCN1C(=O)C(C)(C)Oc2ccc(N(C(=O)[C@@H]3C[C@H](C(=O)N[C@@H](COC)C(C)(C)C)CN(C(=O)OC(C)(C)C)C3)C3CC3)cc21. The first-order chi connectivity index (χ1) is 22.4. The standard InChI is InChI=1S/C36H56N4O8/c1-34(2,3)29(22-46-10)37-30(41)23-18-24(21-38(20-23)33(44)48-35(4,5)6)31(42)40(25-12-13-25)26-14-15-28-27(19-26)39(16-11-17-45-9)32(43)36(7,8)47-28/h14-15,19,23-25,29H,11-13,16-18,20-22H2,1-10H3,(H,37,41)/t23-,24+,29-/m0/s1. The Kier molecular flexibility index (Phi) is 11.4. The van der Waals surface area contributed by atoms with Gasteiger partial charge in [-0.2, -0.15) is 0 Å². The van der Waals surface area contributed by atoms with E-state index in [2.05, 4.69) is 5.32 Å². The molecule has 3 aliphatic rings. The molecule has 1 aromatic rings. The fraction of sp³-hybridized carbons (Fsp3) is 0.722. The van der Waals surface area contributed by atoms with Crippen molar-refractivity contribution in [3.8, 4) is 5.75 Å². The minimum atomic E-state index is -1.04.